The van der Waals surface area contributed by atoms with E-state index in [9.17, 15) is 9.59 Å². The smallest absolute Gasteiger partial charge is 0.339 e. The predicted octanol–water partition coefficient (Wildman–Crippen LogP) is 4.82. The van der Waals surface area contributed by atoms with Crippen molar-refractivity contribution in [3.63, 3.8) is 0 Å². The molecule has 0 saturated carbocycles. The summed E-state index contributed by atoms with van der Waals surface area (Å²) in [5.74, 6) is -0.975. The average molecular weight is 354 g/mol. The van der Waals surface area contributed by atoms with E-state index >= 15 is 0 Å². The van der Waals surface area contributed by atoms with E-state index in [2.05, 4.69) is 6.92 Å². The third-order valence-corrected chi connectivity index (χ3v) is 4.06. The van der Waals surface area contributed by atoms with Gasteiger partial charge in [-0.15, -0.1) is 0 Å². The molecule has 0 radical (unpaired) electrons. The predicted molar refractivity (Wildman–Crippen MR) is 101 cm³/mol. The number of carbonyl (C=O) groups excluding carboxylic acids is 2. The van der Waals surface area contributed by atoms with Crippen LogP contribution in [0.4, 0.5) is 0 Å². The normalized spacial score (nSPS) is 10.3. The Kier molecular flexibility index (Phi) is 8.40. The van der Waals surface area contributed by atoms with E-state index in [-0.39, 0.29) is 17.7 Å². The molecule has 0 bridgehead atoms. The van der Waals surface area contributed by atoms with E-state index < -0.39 is 11.9 Å². The first-order valence-electron chi connectivity index (χ1n) is 9.19. The third kappa shape index (κ3) is 6.36. The largest absolute Gasteiger partial charge is 0.462 e. The van der Waals surface area contributed by atoms with Crippen LogP contribution in [-0.4, -0.2) is 25.2 Å². The highest BCUT2D eigenvalue weighted by molar-refractivity contribution is 6.03. The number of benzene rings is 2. The molecule has 0 aliphatic rings. The summed E-state index contributed by atoms with van der Waals surface area (Å²) in [7, 11) is 0. The lowest BCUT2D eigenvalue weighted by atomic mass is 10.1. The van der Waals surface area contributed by atoms with Gasteiger partial charge in [-0.2, -0.15) is 0 Å². The average Bonchev–Trinajstić information content (AvgIpc) is 2.68. The van der Waals surface area contributed by atoms with Crippen LogP contribution in [-0.2, 0) is 15.9 Å². The Balaban J connectivity index is 1.88. The zero-order chi connectivity index (χ0) is 18.6. The molecular weight excluding hydrogens is 328 g/mol. The van der Waals surface area contributed by atoms with Gasteiger partial charge in [0.1, 0.15) is 0 Å². The second kappa shape index (κ2) is 11.1. The standard InChI is InChI=1S/C22H26O4/c1-2-3-4-10-16-25-21(23)19-13-8-9-14-20(19)22(24)26-17-15-18-11-6-5-7-12-18/h5-9,11-14H,2-4,10,15-17H2,1H3. The van der Waals surface area contributed by atoms with Crippen molar-refractivity contribution in [1.82, 2.24) is 0 Å². The van der Waals surface area contributed by atoms with Gasteiger partial charge in [0.25, 0.3) is 0 Å². The second-order valence-electron chi connectivity index (χ2n) is 6.11. The van der Waals surface area contributed by atoms with Gasteiger partial charge in [-0.25, -0.2) is 9.59 Å². The van der Waals surface area contributed by atoms with Gasteiger partial charge in [-0.3, -0.25) is 0 Å². The van der Waals surface area contributed by atoms with Crippen LogP contribution in [0.2, 0.25) is 0 Å². The van der Waals surface area contributed by atoms with Crippen molar-refractivity contribution in [2.24, 2.45) is 0 Å². The molecule has 0 amide bonds. The SMILES string of the molecule is CCCCCCOC(=O)c1ccccc1C(=O)OCCc1ccccc1. The van der Waals surface area contributed by atoms with Gasteiger partial charge in [-0.05, 0) is 24.1 Å². The molecule has 0 saturated heterocycles. The lowest BCUT2D eigenvalue weighted by Gasteiger charge is -2.10. The molecule has 26 heavy (non-hydrogen) atoms. The maximum absolute atomic E-state index is 12.3. The molecule has 2 aromatic carbocycles. The van der Waals surface area contributed by atoms with Crippen molar-refractivity contribution in [2.45, 2.75) is 39.0 Å². The van der Waals surface area contributed by atoms with Crippen LogP contribution in [0.25, 0.3) is 0 Å². The Labute approximate surface area is 155 Å². The topological polar surface area (TPSA) is 52.6 Å². The number of hydrogen-bond acceptors (Lipinski definition) is 4. The molecule has 0 N–H and O–H groups in total. The molecule has 4 heteroatoms. The fourth-order valence-electron chi connectivity index (χ4n) is 2.59. The van der Waals surface area contributed by atoms with Crippen LogP contribution in [0, 0.1) is 0 Å². The fourth-order valence-corrected chi connectivity index (χ4v) is 2.59. The third-order valence-electron chi connectivity index (χ3n) is 4.06. The number of hydrogen-bond donors (Lipinski definition) is 0. The molecule has 0 heterocycles. The summed E-state index contributed by atoms with van der Waals surface area (Å²) in [6.07, 6.45) is 4.76. The first kappa shape index (κ1) is 19.7. The summed E-state index contributed by atoms with van der Waals surface area (Å²) in [6, 6.07) is 16.4. The van der Waals surface area contributed by atoms with Crippen molar-refractivity contribution < 1.29 is 19.1 Å². The van der Waals surface area contributed by atoms with Crippen molar-refractivity contribution >= 4 is 11.9 Å². The molecule has 0 aliphatic carbocycles. The fraction of sp³-hybridized carbons (Fsp3) is 0.364. The van der Waals surface area contributed by atoms with Gasteiger partial charge in [-0.1, -0.05) is 68.7 Å². The monoisotopic (exact) mass is 354 g/mol. The Morgan fingerprint density at radius 3 is 1.92 bits per heavy atom. The number of carbonyl (C=O) groups is 2. The zero-order valence-corrected chi connectivity index (χ0v) is 15.3. The first-order valence-corrected chi connectivity index (χ1v) is 9.19. The van der Waals surface area contributed by atoms with E-state index in [0.29, 0.717) is 13.0 Å². The Morgan fingerprint density at radius 1 is 0.731 bits per heavy atom. The Hall–Kier alpha value is -2.62. The maximum Gasteiger partial charge on any atom is 0.339 e. The van der Waals surface area contributed by atoms with Crippen LogP contribution in [0.5, 0.6) is 0 Å². The summed E-state index contributed by atoms with van der Waals surface area (Å²) in [5.41, 5.74) is 1.60. The van der Waals surface area contributed by atoms with Crippen molar-refractivity contribution in [2.75, 3.05) is 13.2 Å². The Morgan fingerprint density at radius 2 is 1.31 bits per heavy atom. The Bertz CT molecular complexity index is 694. The van der Waals surface area contributed by atoms with Gasteiger partial charge in [0.2, 0.25) is 0 Å². The van der Waals surface area contributed by atoms with E-state index in [1.807, 2.05) is 30.3 Å². The maximum atomic E-state index is 12.3. The number of rotatable bonds is 10. The van der Waals surface area contributed by atoms with Crippen molar-refractivity contribution in [1.29, 1.82) is 0 Å². The molecule has 0 atom stereocenters. The summed E-state index contributed by atoms with van der Waals surface area (Å²) < 4.78 is 10.6. The van der Waals surface area contributed by atoms with E-state index in [1.165, 1.54) is 0 Å². The number of unbranched alkanes of at least 4 members (excludes halogenated alkanes) is 3. The molecule has 0 aliphatic heterocycles. The highest BCUT2D eigenvalue weighted by atomic mass is 16.5. The number of esters is 2. The summed E-state index contributed by atoms with van der Waals surface area (Å²) in [5, 5.41) is 0. The molecule has 2 aromatic rings. The minimum Gasteiger partial charge on any atom is -0.462 e. The minimum absolute atomic E-state index is 0.249. The summed E-state index contributed by atoms with van der Waals surface area (Å²) in [6.45, 7) is 2.77. The summed E-state index contributed by atoms with van der Waals surface area (Å²) in [4.78, 5) is 24.6. The molecule has 138 valence electrons. The highest BCUT2D eigenvalue weighted by Gasteiger charge is 2.18. The van der Waals surface area contributed by atoms with Crippen LogP contribution in [0.3, 0.4) is 0 Å². The first-order chi connectivity index (χ1) is 12.7. The van der Waals surface area contributed by atoms with E-state index in [4.69, 9.17) is 9.47 Å². The summed E-state index contributed by atoms with van der Waals surface area (Å²) >= 11 is 0. The van der Waals surface area contributed by atoms with Gasteiger partial charge in [0.15, 0.2) is 0 Å². The molecule has 0 unspecified atom stereocenters. The highest BCUT2D eigenvalue weighted by Crippen LogP contribution is 2.13. The van der Waals surface area contributed by atoms with Crippen LogP contribution in [0.1, 0.15) is 58.9 Å². The van der Waals surface area contributed by atoms with E-state index in [0.717, 1.165) is 31.2 Å². The van der Waals surface area contributed by atoms with Gasteiger partial charge in [0, 0.05) is 6.42 Å². The van der Waals surface area contributed by atoms with Crippen molar-refractivity contribution in [3.8, 4) is 0 Å². The molecule has 0 fully saturated rings. The molecule has 0 aromatic heterocycles. The molecule has 2 rings (SSSR count). The quantitative estimate of drug-likeness (QED) is 0.453. The van der Waals surface area contributed by atoms with E-state index in [1.54, 1.807) is 24.3 Å². The van der Waals surface area contributed by atoms with Crippen LogP contribution in [0.15, 0.2) is 54.6 Å². The van der Waals surface area contributed by atoms with Gasteiger partial charge >= 0.3 is 11.9 Å². The lowest BCUT2D eigenvalue weighted by molar-refractivity contribution is 0.0456. The molecule has 4 nitrogen and oxygen atoms in total. The minimum atomic E-state index is -0.500. The lowest BCUT2D eigenvalue weighted by Crippen LogP contribution is -2.15. The second-order valence-corrected chi connectivity index (χ2v) is 6.11. The molecule has 0 spiro atoms. The van der Waals surface area contributed by atoms with Crippen molar-refractivity contribution in [3.05, 3.63) is 71.3 Å². The molecular formula is C22H26O4. The number of ether oxygens (including phenoxy) is 2. The van der Waals surface area contributed by atoms with Crippen LogP contribution < -0.4 is 0 Å². The zero-order valence-electron chi connectivity index (χ0n) is 15.3. The van der Waals surface area contributed by atoms with Crippen LogP contribution >= 0.6 is 0 Å². The van der Waals surface area contributed by atoms with Gasteiger partial charge < -0.3 is 9.47 Å². The van der Waals surface area contributed by atoms with Gasteiger partial charge in [0.05, 0.1) is 24.3 Å².